The van der Waals surface area contributed by atoms with Gasteiger partial charge in [0, 0.05) is 52.4 Å². The van der Waals surface area contributed by atoms with Gasteiger partial charge < -0.3 is 19.3 Å². The van der Waals surface area contributed by atoms with Gasteiger partial charge in [-0.15, -0.1) is 0 Å². The summed E-state index contributed by atoms with van der Waals surface area (Å²) in [6, 6.07) is 4.08. The number of amides is 1. The Kier molecular flexibility index (Phi) is 8.38. The molecular weight excluding hydrogens is 468 g/mol. The number of piperidine rings is 3. The molecule has 0 saturated carbocycles. The number of carbonyl (C=O) groups excluding carboxylic acids is 1. The Morgan fingerprint density at radius 2 is 1.69 bits per heavy atom. The van der Waals surface area contributed by atoms with Gasteiger partial charge >= 0.3 is 0 Å². The number of carbonyl (C=O) groups is 1. The number of piperazine rings is 1. The smallest absolute Gasteiger partial charge is 0.248 e. The molecule has 1 unspecified atom stereocenters. The van der Waals surface area contributed by atoms with E-state index in [1.807, 2.05) is 4.90 Å². The van der Waals surface area contributed by atoms with Gasteiger partial charge in [-0.1, -0.05) is 0 Å². The maximum Gasteiger partial charge on any atom is 0.248 e. The summed E-state index contributed by atoms with van der Waals surface area (Å²) in [6.45, 7) is 10.8. The molecule has 9 nitrogen and oxygen atoms in total. The molecule has 2 bridgehead atoms. The van der Waals surface area contributed by atoms with E-state index >= 15 is 0 Å². The second-order valence-corrected chi connectivity index (χ2v) is 12.1. The summed E-state index contributed by atoms with van der Waals surface area (Å²) in [5, 5.41) is 0. The summed E-state index contributed by atoms with van der Waals surface area (Å²) in [6.07, 6.45) is 2.61. The summed E-state index contributed by atoms with van der Waals surface area (Å²) in [4.78, 5) is 20.0. The first-order chi connectivity index (χ1) is 16.7. The van der Waals surface area contributed by atoms with Gasteiger partial charge in [-0.3, -0.25) is 9.69 Å². The number of benzene rings is 1. The maximum atomic E-state index is 13.1. The molecule has 1 aromatic rings. The summed E-state index contributed by atoms with van der Waals surface area (Å²) < 4.78 is 38.3. The zero-order valence-corrected chi connectivity index (χ0v) is 22.3. The topological polar surface area (TPSA) is 82.6 Å². The van der Waals surface area contributed by atoms with Crippen LogP contribution >= 0.6 is 0 Å². The molecule has 4 aliphatic rings. The Labute approximate surface area is 210 Å². The molecule has 196 valence electrons. The van der Waals surface area contributed by atoms with E-state index in [0.717, 1.165) is 32.1 Å². The minimum atomic E-state index is -3.67. The van der Waals surface area contributed by atoms with Crippen molar-refractivity contribution in [3.8, 4) is 5.75 Å². The summed E-state index contributed by atoms with van der Waals surface area (Å²) in [5.74, 6) is 1.42. The van der Waals surface area contributed by atoms with E-state index in [0.29, 0.717) is 22.9 Å². The van der Waals surface area contributed by atoms with Crippen molar-refractivity contribution >= 4 is 15.9 Å². The number of hydrogen-bond acceptors (Lipinski definition) is 7. The van der Waals surface area contributed by atoms with E-state index in [1.54, 1.807) is 33.1 Å². The standard InChI is InChI=1S/C25H40N4O5S/c1-19-15-22(33-4)16-20(2)25(19)35(31,32)26(3)13-14-34-18-24(30)29-11-9-28(10-12-29)23-17-27-7-5-21(23)6-8-27/h15-16,21,23H,5-14,17-18H2,1-4H3. The predicted octanol–water partition coefficient (Wildman–Crippen LogP) is 1.19. The molecule has 5 rings (SSSR count). The molecule has 0 N–H and O–H groups in total. The number of methoxy groups -OCH3 is 1. The van der Waals surface area contributed by atoms with Crippen LogP contribution < -0.4 is 4.74 Å². The third-order valence-corrected chi connectivity index (χ3v) is 10.0. The Morgan fingerprint density at radius 1 is 1.06 bits per heavy atom. The normalized spacial score (nSPS) is 25.3. The average Bonchev–Trinajstić information content (AvgIpc) is 2.86. The van der Waals surface area contributed by atoms with Crippen LogP contribution in [0.15, 0.2) is 17.0 Å². The SMILES string of the molecule is COc1cc(C)c(S(=O)(=O)N(C)CCOCC(=O)N2CCN(C3CN4CCC3CC4)CC2)c(C)c1. The fraction of sp³-hybridized carbons (Fsp3) is 0.720. The van der Waals surface area contributed by atoms with Gasteiger partial charge in [-0.05, 0) is 69.0 Å². The Bertz CT molecular complexity index is 978. The molecule has 4 aliphatic heterocycles. The number of rotatable bonds is 9. The lowest BCUT2D eigenvalue weighted by atomic mass is 9.83. The third kappa shape index (κ3) is 5.83. The molecule has 0 aromatic heterocycles. The number of ether oxygens (including phenoxy) is 2. The summed E-state index contributed by atoms with van der Waals surface area (Å²) >= 11 is 0. The molecule has 0 radical (unpaired) electrons. The number of hydrogen-bond donors (Lipinski definition) is 0. The largest absolute Gasteiger partial charge is 0.497 e. The number of nitrogens with zero attached hydrogens (tertiary/aromatic N) is 4. The minimum Gasteiger partial charge on any atom is -0.497 e. The highest BCUT2D eigenvalue weighted by Crippen LogP contribution is 2.31. The van der Waals surface area contributed by atoms with Gasteiger partial charge in [0.1, 0.15) is 12.4 Å². The van der Waals surface area contributed by atoms with Crippen molar-refractivity contribution in [1.82, 2.24) is 19.0 Å². The highest BCUT2D eigenvalue weighted by molar-refractivity contribution is 7.89. The molecule has 0 spiro atoms. The van der Waals surface area contributed by atoms with Crippen molar-refractivity contribution in [3.63, 3.8) is 0 Å². The number of likely N-dealkylation sites (N-methyl/N-ethyl adjacent to an activating group) is 1. The maximum absolute atomic E-state index is 13.1. The van der Waals surface area contributed by atoms with Crippen molar-refractivity contribution in [1.29, 1.82) is 0 Å². The van der Waals surface area contributed by atoms with Gasteiger partial charge in [-0.25, -0.2) is 8.42 Å². The molecule has 4 fully saturated rings. The summed E-state index contributed by atoms with van der Waals surface area (Å²) in [7, 11) is -0.574. The highest BCUT2D eigenvalue weighted by atomic mass is 32.2. The van der Waals surface area contributed by atoms with E-state index in [9.17, 15) is 13.2 Å². The lowest BCUT2D eigenvalue weighted by molar-refractivity contribution is -0.139. The van der Waals surface area contributed by atoms with Gasteiger partial charge in [0.05, 0.1) is 18.6 Å². The zero-order valence-electron chi connectivity index (χ0n) is 21.5. The van der Waals surface area contributed by atoms with E-state index < -0.39 is 10.0 Å². The van der Waals surface area contributed by atoms with Crippen LogP contribution in [0.5, 0.6) is 5.75 Å². The molecule has 35 heavy (non-hydrogen) atoms. The molecule has 1 atom stereocenters. The van der Waals surface area contributed by atoms with Crippen LogP contribution in [0.1, 0.15) is 24.0 Å². The van der Waals surface area contributed by atoms with Crippen molar-refractivity contribution in [3.05, 3.63) is 23.3 Å². The first kappa shape index (κ1) is 26.3. The van der Waals surface area contributed by atoms with Crippen LogP contribution in [0, 0.1) is 19.8 Å². The van der Waals surface area contributed by atoms with Crippen LogP contribution in [-0.2, 0) is 19.6 Å². The molecular formula is C25H40N4O5S. The van der Waals surface area contributed by atoms with Crippen molar-refractivity contribution < 1.29 is 22.7 Å². The zero-order chi connectivity index (χ0) is 25.2. The van der Waals surface area contributed by atoms with Gasteiger partial charge in [0.2, 0.25) is 15.9 Å². The minimum absolute atomic E-state index is 0.0195. The van der Waals surface area contributed by atoms with Gasteiger partial charge in [-0.2, -0.15) is 4.31 Å². The van der Waals surface area contributed by atoms with E-state index in [4.69, 9.17) is 9.47 Å². The van der Waals surface area contributed by atoms with Crippen LogP contribution in [0.2, 0.25) is 0 Å². The van der Waals surface area contributed by atoms with E-state index in [-0.39, 0.29) is 30.6 Å². The fourth-order valence-electron chi connectivity index (χ4n) is 5.81. The Hall–Kier alpha value is -1.72. The molecule has 4 heterocycles. The lowest BCUT2D eigenvalue weighted by Gasteiger charge is -2.51. The van der Waals surface area contributed by atoms with Gasteiger partial charge in [0.25, 0.3) is 0 Å². The van der Waals surface area contributed by atoms with Crippen LogP contribution in [0.25, 0.3) is 0 Å². The fourth-order valence-corrected chi connectivity index (χ4v) is 7.36. The lowest BCUT2D eigenvalue weighted by Crippen LogP contribution is -2.61. The number of aryl methyl sites for hydroxylation is 2. The summed E-state index contributed by atoms with van der Waals surface area (Å²) in [5.41, 5.74) is 1.28. The molecule has 1 aromatic carbocycles. The van der Waals surface area contributed by atoms with Crippen molar-refractivity contribution in [2.24, 2.45) is 5.92 Å². The van der Waals surface area contributed by atoms with Crippen LogP contribution in [0.3, 0.4) is 0 Å². The van der Waals surface area contributed by atoms with Crippen molar-refractivity contribution in [2.45, 2.75) is 37.6 Å². The second kappa shape index (κ2) is 11.1. The first-order valence-electron chi connectivity index (χ1n) is 12.6. The second-order valence-electron chi connectivity index (χ2n) is 10.1. The molecule has 4 saturated heterocycles. The number of sulfonamides is 1. The Morgan fingerprint density at radius 3 is 2.23 bits per heavy atom. The Balaban J connectivity index is 1.20. The first-order valence-corrected chi connectivity index (χ1v) is 14.1. The highest BCUT2D eigenvalue weighted by Gasteiger charge is 2.38. The van der Waals surface area contributed by atoms with Crippen molar-refractivity contribution in [2.75, 3.05) is 79.7 Å². The molecule has 10 heteroatoms. The van der Waals surface area contributed by atoms with Crippen LogP contribution in [-0.4, -0.2) is 119 Å². The average molecular weight is 509 g/mol. The van der Waals surface area contributed by atoms with E-state index in [1.165, 1.54) is 43.8 Å². The molecule has 0 aliphatic carbocycles. The number of fused-ring (bicyclic) bond motifs is 3. The van der Waals surface area contributed by atoms with E-state index in [2.05, 4.69) is 9.80 Å². The third-order valence-electron chi connectivity index (χ3n) is 7.87. The monoisotopic (exact) mass is 508 g/mol. The van der Waals surface area contributed by atoms with Gasteiger partial charge in [0.15, 0.2) is 0 Å². The molecule has 1 amide bonds. The predicted molar refractivity (Wildman–Crippen MR) is 134 cm³/mol. The van der Waals surface area contributed by atoms with Crippen LogP contribution in [0.4, 0.5) is 0 Å². The quantitative estimate of drug-likeness (QED) is 0.464.